The van der Waals surface area contributed by atoms with Gasteiger partial charge in [-0.25, -0.2) is 9.37 Å². The Labute approximate surface area is 120 Å². The van der Waals surface area contributed by atoms with Crippen molar-refractivity contribution in [1.82, 2.24) is 9.97 Å². The number of hydrogen-bond donors (Lipinski definition) is 1. The molecule has 0 aliphatic carbocycles. The minimum absolute atomic E-state index is 0.252. The number of ether oxygens (including phenoxy) is 1. The summed E-state index contributed by atoms with van der Waals surface area (Å²) in [4.78, 5) is 7.41. The van der Waals surface area contributed by atoms with Gasteiger partial charge in [0.15, 0.2) is 11.6 Å². The van der Waals surface area contributed by atoms with Crippen molar-refractivity contribution in [2.45, 2.75) is 26.4 Å². The van der Waals surface area contributed by atoms with Crippen LogP contribution in [0.4, 0.5) is 4.39 Å². The van der Waals surface area contributed by atoms with Crippen molar-refractivity contribution < 1.29 is 9.13 Å². The van der Waals surface area contributed by atoms with Crippen LogP contribution in [-0.4, -0.2) is 9.97 Å². The molecule has 0 saturated carbocycles. The number of halogens is 1. The van der Waals surface area contributed by atoms with Gasteiger partial charge >= 0.3 is 0 Å². The number of H-pyrrole nitrogens is 1. The van der Waals surface area contributed by atoms with Gasteiger partial charge < -0.3 is 9.72 Å². The minimum atomic E-state index is -0.345. The SMILES string of the molecule is CC(C)c1cc2cc(F)c(OCc3cscn3)cc2[nH]1. The smallest absolute Gasteiger partial charge is 0.165 e. The van der Waals surface area contributed by atoms with Crippen molar-refractivity contribution in [3.63, 3.8) is 0 Å². The number of hydrogen-bond acceptors (Lipinski definition) is 3. The number of aromatic amines is 1. The molecule has 2 heterocycles. The van der Waals surface area contributed by atoms with Crippen LogP contribution in [0.2, 0.25) is 0 Å². The average Bonchev–Trinajstić information content (AvgIpc) is 3.04. The first-order valence-corrected chi connectivity index (χ1v) is 7.40. The number of nitrogens with one attached hydrogen (secondary N) is 1. The summed E-state index contributed by atoms with van der Waals surface area (Å²) in [6, 6.07) is 5.20. The van der Waals surface area contributed by atoms with E-state index in [1.807, 2.05) is 11.4 Å². The minimum Gasteiger partial charge on any atom is -0.484 e. The maximum atomic E-state index is 14.0. The lowest BCUT2D eigenvalue weighted by atomic mass is 10.1. The highest BCUT2D eigenvalue weighted by atomic mass is 32.1. The largest absolute Gasteiger partial charge is 0.484 e. The molecule has 1 N–H and O–H groups in total. The summed E-state index contributed by atoms with van der Waals surface area (Å²) in [5, 5.41) is 2.76. The second kappa shape index (κ2) is 5.25. The molecule has 3 nitrogen and oxygen atoms in total. The van der Waals surface area contributed by atoms with Crippen molar-refractivity contribution in [1.29, 1.82) is 0 Å². The lowest BCUT2D eigenvalue weighted by molar-refractivity contribution is 0.287. The summed E-state index contributed by atoms with van der Waals surface area (Å²) in [7, 11) is 0. The fourth-order valence-corrected chi connectivity index (χ4v) is 2.58. The first kappa shape index (κ1) is 13.1. The molecule has 3 aromatic rings. The van der Waals surface area contributed by atoms with Gasteiger partial charge in [0, 0.05) is 28.0 Å². The molecule has 5 heteroatoms. The summed E-state index contributed by atoms with van der Waals surface area (Å²) >= 11 is 1.50. The van der Waals surface area contributed by atoms with Gasteiger partial charge in [0.25, 0.3) is 0 Å². The zero-order valence-electron chi connectivity index (χ0n) is 11.3. The predicted molar refractivity (Wildman–Crippen MR) is 78.8 cm³/mol. The Morgan fingerprint density at radius 1 is 1.35 bits per heavy atom. The van der Waals surface area contributed by atoms with Gasteiger partial charge in [-0.2, -0.15) is 0 Å². The number of aromatic nitrogens is 2. The van der Waals surface area contributed by atoms with Gasteiger partial charge in [-0.05, 0) is 18.1 Å². The van der Waals surface area contributed by atoms with Crippen LogP contribution in [0.1, 0.15) is 31.2 Å². The van der Waals surface area contributed by atoms with Crippen LogP contribution >= 0.6 is 11.3 Å². The standard InChI is InChI=1S/C15H15FN2OS/c1-9(2)13-4-10-3-12(16)15(5-14(10)18-13)19-6-11-7-20-8-17-11/h3-5,7-9,18H,6H2,1-2H3. The van der Waals surface area contributed by atoms with Crippen molar-refractivity contribution in [3.05, 3.63) is 46.3 Å². The topological polar surface area (TPSA) is 37.9 Å². The predicted octanol–water partition coefficient (Wildman–Crippen LogP) is 4.47. The molecule has 0 spiro atoms. The first-order valence-electron chi connectivity index (χ1n) is 6.45. The van der Waals surface area contributed by atoms with E-state index in [4.69, 9.17) is 4.74 Å². The normalized spacial score (nSPS) is 11.4. The molecular weight excluding hydrogens is 275 g/mol. The maximum absolute atomic E-state index is 14.0. The highest BCUT2D eigenvalue weighted by molar-refractivity contribution is 7.07. The van der Waals surface area contributed by atoms with E-state index in [1.165, 1.54) is 17.4 Å². The molecule has 0 saturated heterocycles. The number of nitrogens with zero attached hydrogens (tertiary/aromatic N) is 1. The van der Waals surface area contributed by atoms with E-state index in [-0.39, 0.29) is 18.2 Å². The van der Waals surface area contributed by atoms with Gasteiger partial charge in [-0.3, -0.25) is 0 Å². The van der Waals surface area contributed by atoms with Crippen LogP contribution in [0.15, 0.2) is 29.1 Å². The molecule has 104 valence electrons. The monoisotopic (exact) mass is 290 g/mol. The Hall–Kier alpha value is -1.88. The van der Waals surface area contributed by atoms with Gasteiger partial charge in [-0.1, -0.05) is 13.8 Å². The molecule has 0 amide bonds. The van der Waals surface area contributed by atoms with Gasteiger partial charge in [0.1, 0.15) is 6.61 Å². The van der Waals surface area contributed by atoms with Crippen molar-refractivity contribution in [3.8, 4) is 5.75 Å². The molecular formula is C15H15FN2OS. The third-order valence-electron chi connectivity index (χ3n) is 3.18. The van der Waals surface area contributed by atoms with E-state index >= 15 is 0 Å². The fourth-order valence-electron chi connectivity index (χ4n) is 2.04. The molecule has 0 atom stereocenters. The number of fused-ring (bicyclic) bond motifs is 1. The Kier molecular flexibility index (Phi) is 3.44. The number of thiazole rings is 1. The van der Waals surface area contributed by atoms with Crippen molar-refractivity contribution in [2.75, 3.05) is 0 Å². The second-order valence-corrected chi connectivity index (χ2v) is 5.74. The Balaban J connectivity index is 1.88. The average molecular weight is 290 g/mol. The van der Waals surface area contributed by atoms with E-state index < -0.39 is 0 Å². The highest BCUT2D eigenvalue weighted by Gasteiger charge is 2.10. The Bertz CT molecular complexity index is 719. The van der Waals surface area contributed by atoms with Crippen LogP contribution in [-0.2, 0) is 6.61 Å². The molecule has 0 fully saturated rings. The molecule has 0 unspecified atom stereocenters. The lowest BCUT2D eigenvalue weighted by Gasteiger charge is -2.05. The van der Waals surface area contributed by atoms with E-state index in [0.717, 1.165) is 22.3 Å². The van der Waals surface area contributed by atoms with Crippen LogP contribution in [0.3, 0.4) is 0 Å². The summed E-state index contributed by atoms with van der Waals surface area (Å²) < 4.78 is 19.5. The van der Waals surface area contributed by atoms with Crippen LogP contribution in [0.5, 0.6) is 5.75 Å². The lowest BCUT2D eigenvalue weighted by Crippen LogP contribution is -1.97. The van der Waals surface area contributed by atoms with E-state index in [0.29, 0.717) is 5.92 Å². The second-order valence-electron chi connectivity index (χ2n) is 5.02. The zero-order chi connectivity index (χ0) is 14.1. The van der Waals surface area contributed by atoms with Gasteiger partial charge in [0.2, 0.25) is 0 Å². The molecule has 20 heavy (non-hydrogen) atoms. The molecule has 0 bridgehead atoms. The summed E-state index contributed by atoms with van der Waals surface area (Å²) in [5.41, 5.74) is 4.53. The fraction of sp³-hybridized carbons (Fsp3) is 0.267. The summed E-state index contributed by atoms with van der Waals surface area (Å²) in [5.74, 6) is 0.287. The van der Waals surface area contributed by atoms with E-state index in [9.17, 15) is 4.39 Å². The quantitative estimate of drug-likeness (QED) is 0.770. The summed E-state index contributed by atoms with van der Waals surface area (Å²) in [6.45, 7) is 4.48. The van der Waals surface area contributed by atoms with Gasteiger partial charge in [-0.15, -0.1) is 11.3 Å². The molecule has 0 aliphatic heterocycles. The molecule has 0 radical (unpaired) electrons. The zero-order valence-corrected chi connectivity index (χ0v) is 12.1. The highest BCUT2D eigenvalue weighted by Crippen LogP contribution is 2.28. The van der Waals surface area contributed by atoms with Crippen LogP contribution in [0.25, 0.3) is 10.9 Å². The van der Waals surface area contributed by atoms with Crippen LogP contribution in [0, 0.1) is 5.82 Å². The number of rotatable bonds is 4. The third-order valence-corrected chi connectivity index (χ3v) is 3.81. The maximum Gasteiger partial charge on any atom is 0.165 e. The molecule has 2 aromatic heterocycles. The van der Waals surface area contributed by atoms with Gasteiger partial charge in [0.05, 0.1) is 11.2 Å². The molecule has 3 rings (SSSR count). The van der Waals surface area contributed by atoms with E-state index in [2.05, 4.69) is 23.8 Å². The van der Waals surface area contributed by atoms with E-state index in [1.54, 1.807) is 11.6 Å². The first-order chi connectivity index (χ1) is 9.63. The third kappa shape index (κ3) is 2.54. The molecule has 0 aliphatic rings. The Morgan fingerprint density at radius 3 is 2.90 bits per heavy atom. The number of benzene rings is 1. The van der Waals surface area contributed by atoms with Crippen LogP contribution < -0.4 is 4.74 Å². The van der Waals surface area contributed by atoms with Crippen molar-refractivity contribution >= 4 is 22.2 Å². The molecule has 1 aromatic carbocycles. The van der Waals surface area contributed by atoms with Crippen molar-refractivity contribution in [2.24, 2.45) is 0 Å². The summed E-state index contributed by atoms with van der Waals surface area (Å²) in [6.07, 6.45) is 0. The Morgan fingerprint density at radius 2 is 2.20 bits per heavy atom.